The minimum Gasteiger partial charge on any atom is -0.299 e. The lowest BCUT2D eigenvalue weighted by atomic mass is 9.71. The molecule has 0 amide bonds. The predicted molar refractivity (Wildman–Crippen MR) is 50.9 cm³/mol. The van der Waals surface area contributed by atoms with Gasteiger partial charge in [0.25, 0.3) is 0 Å². The van der Waals surface area contributed by atoms with Crippen LogP contribution in [0.3, 0.4) is 0 Å². The maximum absolute atomic E-state index is 11.2. The van der Waals surface area contributed by atoms with Gasteiger partial charge in [-0.05, 0) is 20.8 Å². The molecule has 13 heavy (non-hydrogen) atoms. The Morgan fingerprint density at radius 1 is 1.62 bits per heavy atom. The highest BCUT2D eigenvalue weighted by atomic mass is 16.1. The lowest BCUT2D eigenvalue weighted by molar-refractivity contribution is -0.119. The second-order valence-electron chi connectivity index (χ2n) is 4.28. The average Bonchev–Trinajstić information content (AvgIpc) is 2.09. The molecule has 0 spiro atoms. The van der Waals surface area contributed by atoms with Crippen LogP contribution in [-0.4, -0.2) is 5.78 Å². The van der Waals surface area contributed by atoms with Crippen LogP contribution in [0.1, 0.15) is 33.6 Å². The molecule has 1 atom stereocenters. The molecule has 1 aliphatic rings. The zero-order valence-electron chi connectivity index (χ0n) is 8.42. The second-order valence-corrected chi connectivity index (χ2v) is 4.28. The van der Waals surface area contributed by atoms with E-state index in [1.165, 1.54) is 5.57 Å². The number of ketones is 1. The molecule has 0 N–H and O–H groups in total. The molecular weight excluding hydrogens is 162 g/mol. The van der Waals surface area contributed by atoms with Crippen LogP contribution in [0.2, 0.25) is 0 Å². The van der Waals surface area contributed by atoms with E-state index in [9.17, 15) is 4.79 Å². The van der Waals surface area contributed by atoms with Gasteiger partial charge >= 0.3 is 0 Å². The van der Waals surface area contributed by atoms with E-state index in [1.54, 1.807) is 0 Å². The van der Waals surface area contributed by atoms with E-state index in [2.05, 4.69) is 6.07 Å². The zero-order chi connectivity index (χ0) is 10.1. The van der Waals surface area contributed by atoms with Crippen LogP contribution in [0.15, 0.2) is 11.6 Å². The number of Topliss-reactive ketones (excluding diaryl/α,β-unsaturated/α-hetero) is 1. The summed E-state index contributed by atoms with van der Waals surface area (Å²) in [6, 6.07) is 2.27. The largest absolute Gasteiger partial charge is 0.299 e. The van der Waals surface area contributed by atoms with Gasteiger partial charge in [0, 0.05) is 18.8 Å². The normalized spacial score (nSPS) is 23.7. The molecule has 0 aromatic carbocycles. The monoisotopic (exact) mass is 177 g/mol. The van der Waals surface area contributed by atoms with Gasteiger partial charge < -0.3 is 0 Å². The highest BCUT2D eigenvalue weighted by Crippen LogP contribution is 2.37. The summed E-state index contributed by atoms with van der Waals surface area (Å²) in [6.07, 6.45) is 3.03. The molecule has 0 aromatic heterocycles. The fourth-order valence-electron chi connectivity index (χ4n) is 1.79. The summed E-state index contributed by atoms with van der Waals surface area (Å²) in [5.41, 5.74) is 0.766. The molecule has 2 heteroatoms. The summed E-state index contributed by atoms with van der Waals surface area (Å²) in [6.45, 7) is 5.80. The van der Waals surface area contributed by atoms with Crippen molar-refractivity contribution in [1.82, 2.24) is 0 Å². The molecule has 1 rings (SSSR count). The minimum absolute atomic E-state index is 0.110. The third kappa shape index (κ3) is 1.98. The zero-order valence-corrected chi connectivity index (χ0v) is 8.42. The van der Waals surface area contributed by atoms with E-state index in [-0.39, 0.29) is 11.7 Å². The van der Waals surface area contributed by atoms with Crippen molar-refractivity contribution in [3.05, 3.63) is 11.6 Å². The number of allylic oxidation sites excluding steroid dienone is 2. The fourth-order valence-corrected chi connectivity index (χ4v) is 1.79. The number of hydrogen-bond donors (Lipinski definition) is 0. The molecular formula is C11H15NO. The van der Waals surface area contributed by atoms with E-state index in [0.717, 1.165) is 0 Å². The first-order valence-electron chi connectivity index (χ1n) is 4.57. The van der Waals surface area contributed by atoms with Crippen LogP contribution in [0.5, 0.6) is 0 Å². The Labute approximate surface area is 79.2 Å². The van der Waals surface area contributed by atoms with Crippen molar-refractivity contribution in [3.63, 3.8) is 0 Å². The van der Waals surface area contributed by atoms with E-state index in [0.29, 0.717) is 12.8 Å². The first kappa shape index (κ1) is 9.98. The smallest absolute Gasteiger partial charge is 0.137 e. The van der Waals surface area contributed by atoms with Gasteiger partial charge in [-0.1, -0.05) is 11.6 Å². The molecule has 70 valence electrons. The van der Waals surface area contributed by atoms with Crippen molar-refractivity contribution in [3.8, 4) is 6.07 Å². The van der Waals surface area contributed by atoms with Crippen LogP contribution in [-0.2, 0) is 4.79 Å². The Morgan fingerprint density at radius 3 is 2.77 bits per heavy atom. The van der Waals surface area contributed by atoms with E-state index >= 15 is 0 Å². The van der Waals surface area contributed by atoms with E-state index in [4.69, 9.17) is 5.26 Å². The number of rotatable bonds is 1. The fraction of sp³-hybridized carbons (Fsp3) is 0.636. The molecule has 0 aromatic rings. The van der Waals surface area contributed by atoms with Crippen molar-refractivity contribution < 1.29 is 4.79 Å². The first-order chi connectivity index (χ1) is 5.97. The molecule has 0 aliphatic heterocycles. The molecule has 2 nitrogen and oxygen atoms in total. The molecule has 0 saturated heterocycles. The number of carbonyl (C=O) groups excluding carboxylic acids is 1. The van der Waals surface area contributed by atoms with Gasteiger partial charge in [-0.3, -0.25) is 4.79 Å². The molecule has 0 heterocycles. The van der Waals surface area contributed by atoms with Gasteiger partial charge in [0.15, 0.2) is 0 Å². The Hall–Kier alpha value is -1.10. The number of carbonyl (C=O) groups is 1. The molecule has 0 radical (unpaired) electrons. The molecule has 0 unspecified atom stereocenters. The molecule has 0 saturated carbocycles. The first-order valence-corrected chi connectivity index (χ1v) is 4.57. The van der Waals surface area contributed by atoms with E-state index in [1.807, 2.05) is 26.8 Å². The third-order valence-corrected chi connectivity index (χ3v) is 2.79. The number of nitrogens with zero attached hydrogens (tertiary/aromatic N) is 1. The van der Waals surface area contributed by atoms with Crippen LogP contribution in [0.25, 0.3) is 0 Å². The lowest BCUT2D eigenvalue weighted by Crippen LogP contribution is -2.28. The second kappa shape index (κ2) is 3.33. The number of nitriles is 1. The summed E-state index contributed by atoms with van der Waals surface area (Å²) in [5.74, 6) is 0.359. The van der Waals surface area contributed by atoms with Crippen LogP contribution >= 0.6 is 0 Å². The van der Waals surface area contributed by atoms with Crippen molar-refractivity contribution in [2.24, 2.45) is 11.3 Å². The maximum Gasteiger partial charge on any atom is 0.137 e. The minimum atomic E-state index is -0.420. The van der Waals surface area contributed by atoms with Crippen LogP contribution in [0.4, 0.5) is 0 Å². The summed E-state index contributed by atoms with van der Waals surface area (Å²) < 4.78 is 0. The van der Waals surface area contributed by atoms with Gasteiger partial charge in [-0.25, -0.2) is 0 Å². The van der Waals surface area contributed by atoms with Crippen molar-refractivity contribution in [1.29, 1.82) is 5.26 Å². The van der Waals surface area contributed by atoms with Gasteiger partial charge in [-0.2, -0.15) is 5.26 Å². The standard InChI is InChI=1S/C11H15NO/c1-8-4-5-9(13)6-10(8)11(2,3)7-12/h4,10H,5-6H2,1-3H3/t10-/m1/s1. The average molecular weight is 177 g/mol. The Kier molecular flexibility index (Phi) is 2.56. The summed E-state index contributed by atoms with van der Waals surface area (Å²) >= 11 is 0. The van der Waals surface area contributed by atoms with Crippen molar-refractivity contribution >= 4 is 5.78 Å². The summed E-state index contributed by atoms with van der Waals surface area (Å²) in [7, 11) is 0. The van der Waals surface area contributed by atoms with Crippen molar-refractivity contribution in [2.75, 3.05) is 0 Å². The predicted octanol–water partition coefficient (Wildman–Crippen LogP) is 2.46. The van der Waals surface area contributed by atoms with Gasteiger partial charge in [0.05, 0.1) is 11.5 Å². The summed E-state index contributed by atoms with van der Waals surface area (Å²) in [5, 5.41) is 8.96. The maximum atomic E-state index is 11.2. The van der Waals surface area contributed by atoms with Gasteiger partial charge in [-0.15, -0.1) is 0 Å². The highest BCUT2D eigenvalue weighted by Gasteiger charge is 2.33. The molecule has 0 bridgehead atoms. The van der Waals surface area contributed by atoms with Gasteiger partial charge in [0.1, 0.15) is 5.78 Å². The number of hydrogen-bond acceptors (Lipinski definition) is 2. The lowest BCUT2D eigenvalue weighted by Gasteiger charge is -2.30. The quantitative estimate of drug-likeness (QED) is 0.577. The molecule has 1 aliphatic carbocycles. The Balaban J connectivity index is 2.93. The highest BCUT2D eigenvalue weighted by molar-refractivity contribution is 5.82. The Morgan fingerprint density at radius 2 is 2.23 bits per heavy atom. The third-order valence-electron chi connectivity index (χ3n) is 2.79. The van der Waals surface area contributed by atoms with Gasteiger partial charge in [0.2, 0.25) is 0 Å². The van der Waals surface area contributed by atoms with Crippen LogP contribution in [0, 0.1) is 22.7 Å². The SMILES string of the molecule is CC1=CCC(=O)C[C@H]1C(C)(C)C#N. The Bertz CT molecular complexity index is 294. The van der Waals surface area contributed by atoms with Crippen LogP contribution < -0.4 is 0 Å². The topological polar surface area (TPSA) is 40.9 Å². The molecule has 0 fully saturated rings. The summed E-state index contributed by atoms with van der Waals surface area (Å²) in [4.78, 5) is 11.2. The van der Waals surface area contributed by atoms with Crippen molar-refractivity contribution in [2.45, 2.75) is 33.6 Å². The van der Waals surface area contributed by atoms with E-state index < -0.39 is 5.41 Å².